The Hall–Kier alpha value is -3.86. The molecule has 0 fully saturated rings. The van der Waals surface area contributed by atoms with E-state index in [1.54, 1.807) is 31.2 Å². The Morgan fingerprint density at radius 1 is 0.925 bits per heavy atom. The highest BCUT2D eigenvalue weighted by Gasteiger charge is 2.34. The van der Waals surface area contributed by atoms with Gasteiger partial charge in [-0.3, -0.25) is 13.9 Å². The highest BCUT2D eigenvalue weighted by molar-refractivity contribution is 7.92. The highest BCUT2D eigenvalue weighted by Crippen LogP contribution is 2.32. The summed E-state index contributed by atoms with van der Waals surface area (Å²) in [5, 5.41) is 2.75. The van der Waals surface area contributed by atoms with Gasteiger partial charge in [-0.1, -0.05) is 66.2 Å². The minimum Gasteiger partial charge on any atom is -0.355 e. The van der Waals surface area contributed by atoms with Crippen LogP contribution in [0, 0.1) is 6.92 Å². The Balaban J connectivity index is 2.06. The largest absolute Gasteiger partial charge is 0.416 e. The number of likely N-dealkylation sites (N-methyl/N-ethyl adjacent to an activating group) is 1. The molecule has 0 aliphatic heterocycles. The van der Waals surface area contributed by atoms with Crippen LogP contribution >= 0.6 is 0 Å². The van der Waals surface area contributed by atoms with Crippen LogP contribution in [-0.4, -0.2) is 50.5 Å². The Bertz CT molecular complexity index is 1430. The SMILES string of the molecule is CCNC(=O)C(Cc1ccccc1)N(Cc1cccc(C)c1)C(=O)CN(c1cccc(C(F)(F)F)c1)S(C)(=O)=O. The summed E-state index contributed by atoms with van der Waals surface area (Å²) >= 11 is 0. The van der Waals surface area contributed by atoms with Crippen molar-refractivity contribution in [3.8, 4) is 0 Å². The minimum absolute atomic E-state index is 0.0185. The van der Waals surface area contributed by atoms with Crippen LogP contribution in [0.3, 0.4) is 0 Å². The summed E-state index contributed by atoms with van der Waals surface area (Å²) in [4.78, 5) is 28.5. The van der Waals surface area contributed by atoms with E-state index in [2.05, 4.69) is 5.32 Å². The quantitative estimate of drug-likeness (QED) is 0.363. The number of aryl methyl sites for hydroxylation is 1. The molecule has 40 heavy (non-hydrogen) atoms. The average molecular weight is 576 g/mol. The Morgan fingerprint density at radius 2 is 1.57 bits per heavy atom. The Labute approximate surface area is 232 Å². The molecule has 1 atom stereocenters. The van der Waals surface area contributed by atoms with Crippen molar-refractivity contribution in [1.29, 1.82) is 0 Å². The Morgan fingerprint density at radius 3 is 2.17 bits per heavy atom. The van der Waals surface area contributed by atoms with Gasteiger partial charge in [-0.2, -0.15) is 13.2 Å². The number of hydrogen-bond acceptors (Lipinski definition) is 4. The van der Waals surface area contributed by atoms with E-state index < -0.39 is 46.2 Å². The molecular weight excluding hydrogens is 543 g/mol. The maximum absolute atomic E-state index is 13.9. The second-order valence-electron chi connectivity index (χ2n) is 9.43. The van der Waals surface area contributed by atoms with E-state index in [1.165, 1.54) is 11.0 Å². The number of carbonyl (C=O) groups is 2. The van der Waals surface area contributed by atoms with Gasteiger partial charge in [0.1, 0.15) is 12.6 Å². The molecule has 0 saturated carbocycles. The zero-order valence-electron chi connectivity index (χ0n) is 22.5. The van der Waals surface area contributed by atoms with E-state index in [-0.39, 0.29) is 18.7 Å². The van der Waals surface area contributed by atoms with Gasteiger partial charge in [0.25, 0.3) is 0 Å². The number of anilines is 1. The fourth-order valence-corrected chi connectivity index (χ4v) is 5.15. The van der Waals surface area contributed by atoms with Crippen LogP contribution in [0.25, 0.3) is 0 Å². The number of halogens is 3. The predicted molar refractivity (Wildman–Crippen MR) is 148 cm³/mol. The van der Waals surface area contributed by atoms with Gasteiger partial charge in [0.2, 0.25) is 21.8 Å². The van der Waals surface area contributed by atoms with E-state index in [9.17, 15) is 31.2 Å². The summed E-state index contributed by atoms with van der Waals surface area (Å²) in [5.74, 6) is -1.17. The lowest BCUT2D eigenvalue weighted by Crippen LogP contribution is -2.53. The molecule has 0 aliphatic carbocycles. The maximum atomic E-state index is 13.9. The van der Waals surface area contributed by atoms with Gasteiger partial charge in [0.15, 0.2) is 0 Å². The number of hydrogen-bond donors (Lipinski definition) is 1. The summed E-state index contributed by atoms with van der Waals surface area (Å²) in [6.45, 7) is 3.10. The number of alkyl halides is 3. The molecule has 0 aliphatic rings. The number of nitrogens with zero attached hydrogens (tertiary/aromatic N) is 2. The zero-order valence-corrected chi connectivity index (χ0v) is 23.3. The molecule has 0 saturated heterocycles. The summed E-state index contributed by atoms with van der Waals surface area (Å²) < 4.78 is 66.3. The molecule has 214 valence electrons. The van der Waals surface area contributed by atoms with Crippen molar-refractivity contribution in [1.82, 2.24) is 10.2 Å². The van der Waals surface area contributed by atoms with E-state index in [0.29, 0.717) is 22.5 Å². The molecule has 3 rings (SSSR count). The smallest absolute Gasteiger partial charge is 0.355 e. The van der Waals surface area contributed by atoms with Crippen molar-refractivity contribution >= 4 is 27.5 Å². The topological polar surface area (TPSA) is 86.8 Å². The van der Waals surface area contributed by atoms with Crippen LogP contribution < -0.4 is 9.62 Å². The molecule has 0 spiro atoms. The van der Waals surface area contributed by atoms with Crippen LogP contribution in [0.5, 0.6) is 0 Å². The molecule has 0 bridgehead atoms. The molecule has 0 aromatic heterocycles. The highest BCUT2D eigenvalue weighted by atomic mass is 32.2. The number of rotatable bonds is 11. The van der Waals surface area contributed by atoms with Gasteiger partial charge in [-0.05, 0) is 43.2 Å². The molecule has 1 unspecified atom stereocenters. The summed E-state index contributed by atoms with van der Waals surface area (Å²) in [6.07, 6.45) is -3.75. The van der Waals surface area contributed by atoms with Gasteiger partial charge in [-0.15, -0.1) is 0 Å². The maximum Gasteiger partial charge on any atom is 0.416 e. The van der Waals surface area contributed by atoms with Crippen LogP contribution in [0.2, 0.25) is 0 Å². The Kier molecular flexibility index (Phi) is 9.97. The second-order valence-corrected chi connectivity index (χ2v) is 11.3. The third kappa shape index (κ3) is 8.32. The molecule has 1 N–H and O–H groups in total. The predicted octanol–water partition coefficient (Wildman–Crippen LogP) is 4.56. The first-order valence-corrected chi connectivity index (χ1v) is 14.5. The second kappa shape index (κ2) is 13.0. The zero-order chi connectivity index (χ0) is 29.5. The van der Waals surface area contributed by atoms with Crippen molar-refractivity contribution in [2.75, 3.05) is 23.7 Å². The monoisotopic (exact) mass is 575 g/mol. The molecule has 3 aromatic carbocycles. The van der Waals surface area contributed by atoms with Crippen LogP contribution in [0.1, 0.15) is 29.2 Å². The number of benzene rings is 3. The molecule has 2 amide bonds. The average Bonchev–Trinajstić information content (AvgIpc) is 2.89. The third-order valence-electron chi connectivity index (χ3n) is 6.20. The number of sulfonamides is 1. The van der Waals surface area contributed by atoms with Crippen molar-refractivity contribution < 1.29 is 31.2 Å². The van der Waals surface area contributed by atoms with Crippen molar-refractivity contribution in [2.24, 2.45) is 0 Å². The molecule has 7 nitrogen and oxygen atoms in total. The fraction of sp³-hybridized carbons (Fsp3) is 0.310. The van der Waals surface area contributed by atoms with Crippen molar-refractivity contribution in [3.63, 3.8) is 0 Å². The standard InChI is InChI=1S/C29H32F3N3O4S/c1-4-33-28(37)26(17-22-11-6-5-7-12-22)34(19-23-13-8-10-21(2)16-23)27(36)20-35(40(3,38)39)25-15-9-14-24(18-25)29(30,31)32/h5-16,18,26H,4,17,19-20H2,1-3H3,(H,33,37). The molecule has 0 heterocycles. The lowest BCUT2D eigenvalue weighted by atomic mass is 10.0. The van der Waals surface area contributed by atoms with Gasteiger partial charge >= 0.3 is 6.18 Å². The number of carbonyl (C=O) groups excluding carboxylic acids is 2. The first-order valence-electron chi connectivity index (χ1n) is 12.6. The van der Waals surface area contributed by atoms with Gasteiger partial charge in [0.05, 0.1) is 17.5 Å². The third-order valence-corrected chi connectivity index (χ3v) is 7.34. The van der Waals surface area contributed by atoms with Crippen molar-refractivity contribution in [2.45, 2.75) is 39.0 Å². The molecular formula is C29H32F3N3O4S. The summed E-state index contributed by atoms with van der Waals surface area (Å²) in [5.41, 5.74) is 1.05. The van der Waals surface area contributed by atoms with Gasteiger partial charge in [-0.25, -0.2) is 8.42 Å². The summed E-state index contributed by atoms with van der Waals surface area (Å²) in [7, 11) is -4.19. The van der Waals surface area contributed by atoms with Crippen LogP contribution in [0.4, 0.5) is 18.9 Å². The summed E-state index contributed by atoms with van der Waals surface area (Å²) in [6, 6.07) is 19.1. The number of nitrogens with one attached hydrogen (secondary N) is 1. The molecule has 3 aromatic rings. The lowest BCUT2D eigenvalue weighted by molar-refractivity contribution is -0.140. The van der Waals surface area contributed by atoms with Gasteiger partial charge in [0, 0.05) is 19.5 Å². The fourth-order valence-electron chi connectivity index (χ4n) is 4.30. The first-order chi connectivity index (χ1) is 18.8. The van der Waals surface area contributed by atoms with E-state index >= 15 is 0 Å². The van der Waals surface area contributed by atoms with Crippen LogP contribution in [0.15, 0.2) is 78.9 Å². The first kappa shape index (κ1) is 30.7. The minimum atomic E-state index is -4.71. The number of amides is 2. The van der Waals surface area contributed by atoms with E-state index in [4.69, 9.17) is 0 Å². The lowest BCUT2D eigenvalue weighted by Gasteiger charge is -2.33. The normalized spacial score (nSPS) is 12.4. The van der Waals surface area contributed by atoms with Gasteiger partial charge < -0.3 is 10.2 Å². The van der Waals surface area contributed by atoms with E-state index in [1.807, 2.05) is 37.3 Å². The van der Waals surface area contributed by atoms with Crippen molar-refractivity contribution in [3.05, 3.63) is 101 Å². The van der Waals surface area contributed by atoms with Crippen LogP contribution in [-0.2, 0) is 38.8 Å². The van der Waals surface area contributed by atoms with E-state index in [0.717, 1.165) is 29.5 Å². The molecule has 11 heteroatoms. The molecule has 0 radical (unpaired) electrons.